The topological polar surface area (TPSA) is 107 Å². The molecule has 21 heavy (non-hydrogen) atoms. The van der Waals surface area contributed by atoms with E-state index < -0.39 is 5.97 Å². The molecule has 1 atom stereocenters. The third-order valence-electron chi connectivity index (χ3n) is 3.70. The number of hydrogen-bond acceptors (Lipinski definition) is 5. The van der Waals surface area contributed by atoms with Gasteiger partial charge in [-0.1, -0.05) is 0 Å². The molecular formula is C14H22N4O3. The first-order valence-corrected chi connectivity index (χ1v) is 7.35. The van der Waals surface area contributed by atoms with Gasteiger partial charge in [0.05, 0.1) is 11.4 Å². The second-order valence-electron chi connectivity index (χ2n) is 5.38. The molecule has 3 heterocycles. The fraction of sp³-hybridized carbons (Fsp3) is 0.643. The van der Waals surface area contributed by atoms with E-state index in [0.717, 1.165) is 62.8 Å². The van der Waals surface area contributed by atoms with Gasteiger partial charge in [0.2, 0.25) is 0 Å². The summed E-state index contributed by atoms with van der Waals surface area (Å²) in [6, 6.07) is 0. The summed E-state index contributed by atoms with van der Waals surface area (Å²) in [6.45, 7) is 4.09. The van der Waals surface area contributed by atoms with Crippen LogP contribution >= 0.6 is 0 Å². The number of rotatable bonds is 1. The highest BCUT2D eigenvalue weighted by Gasteiger charge is 2.24. The van der Waals surface area contributed by atoms with Gasteiger partial charge in [-0.2, -0.15) is 5.10 Å². The van der Waals surface area contributed by atoms with Crippen molar-refractivity contribution in [3.63, 3.8) is 0 Å². The van der Waals surface area contributed by atoms with Crippen molar-refractivity contribution in [2.24, 2.45) is 0 Å². The largest absolute Gasteiger partial charge is 0.481 e. The maximum atomic E-state index is 11.7. The van der Waals surface area contributed by atoms with Crippen molar-refractivity contribution in [3.05, 3.63) is 21.6 Å². The van der Waals surface area contributed by atoms with Gasteiger partial charge < -0.3 is 15.7 Å². The number of nitrogens with one attached hydrogen (secondary N) is 3. The first-order chi connectivity index (χ1) is 10.1. The molecule has 0 bridgehead atoms. The molecular weight excluding hydrogens is 272 g/mol. The number of carboxylic acids is 1. The number of aliphatic carboxylic acids is 1. The van der Waals surface area contributed by atoms with E-state index in [2.05, 4.69) is 20.8 Å². The van der Waals surface area contributed by atoms with E-state index >= 15 is 0 Å². The zero-order chi connectivity index (χ0) is 15.2. The van der Waals surface area contributed by atoms with E-state index in [1.54, 1.807) is 0 Å². The molecule has 116 valence electrons. The molecule has 0 aromatic carbocycles. The van der Waals surface area contributed by atoms with Crippen LogP contribution in [0.4, 0.5) is 5.69 Å². The molecule has 7 nitrogen and oxygen atoms in total. The van der Waals surface area contributed by atoms with Crippen molar-refractivity contribution in [2.45, 2.75) is 38.5 Å². The number of carboxylic acid groups (broad SMARTS) is 1. The van der Waals surface area contributed by atoms with Crippen LogP contribution in [0.3, 0.4) is 0 Å². The molecule has 3 rings (SSSR count). The minimum Gasteiger partial charge on any atom is -0.481 e. The van der Waals surface area contributed by atoms with Crippen LogP contribution in [0.25, 0.3) is 0 Å². The van der Waals surface area contributed by atoms with Crippen LogP contribution in [0.5, 0.6) is 0 Å². The molecule has 1 aromatic rings. The van der Waals surface area contributed by atoms with Gasteiger partial charge in [0.15, 0.2) is 0 Å². The van der Waals surface area contributed by atoms with Crippen molar-refractivity contribution in [3.8, 4) is 0 Å². The zero-order valence-corrected chi connectivity index (χ0v) is 12.2. The molecule has 1 aromatic heterocycles. The van der Waals surface area contributed by atoms with Crippen molar-refractivity contribution in [1.29, 1.82) is 0 Å². The van der Waals surface area contributed by atoms with Crippen molar-refractivity contribution in [1.82, 2.24) is 15.5 Å². The molecule has 0 aliphatic carbocycles. The van der Waals surface area contributed by atoms with Crippen LogP contribution in [0.1, 0.15) is 43.4 Å². The number of aromatic nitrogens is 2. The van der Waals surface area contributed by atoms with Crippen LogP contribution in [0.2, 0.25) is 0 Å². The SMILES string of the molecule is CC(=O)O.O=c1[nH]nc(C2CCCNC2)c2c1CCCN2. The second kappa shape index (κ2) is 7.21. The molecule has 7 heteroatoms. The van der Waals surface area contributed by atoms with Crippen molar-refractivity contribution < 1.29 is 9.90 Å². The van der Waals surface area contributed by atoms with Gasteiger partial charge in [0.25, 0.3) is 11.5 Å². The van der Waals surface area contributed by atoms with E-state index in [9.17, 15) is 4.79 Å². The van der Waals surface area contributed by atoms with Crippen LogP contribution in [0.15, 0.2) is 4.79 Å². The minimum absolute atomic E-state index is 0.0280. The second-order valence-corrected chi connectivity index (χ2v) is 5.38. The van der Waals surface area contributed by atoms with E-state index in [1.165, 1.54) is 6.42 Å². The number of H-pyrrole nitrogens is 1. The Bertz CT molecular complexity index is 546. The Morgan fingerprint density at radius 2 is 2.10 bits per heavy atom. The summed E-state index contributed by atoms with van der Waals surface area (Å²) in [5, 5.41) is 21.1. The molecule has 1 fully saturated rings. The Kier molecular flexibility index (Phi) is 5.32. The van der Waals surface area contributed by atoms with Gasteiger partial charge in [0.1, 0.15) is 0 Å². The number of aromatic amines is 1. The van der Waals surface area contributed by atoms with Crippen molar-refractivity contribution >= 4 is 11.7 Å². The fourth-order valence-corrected chi connectivity index (χ4v) is 2.80. The molecule has 2 aliphatic rings. The predicted molar refractivity (Wildman–Crippen MR) is 79.8 cm³/mol. The minimum atomic E-state index is -0.833. The number of hydrogen-bond donors (Lipinski definition) is 4. The van der Waals surface area contributed by atoms with Gasteiger partial charge in [-0.05, 0) is 32.2 Å². The third kappa shape index (κ3) is 4.04. The number of anilines is 1. The zero-order valence-electron chi connectivity index (χ0n) is 12.2. The summed E-state index contributed by atoms with van der Waals surface area (Å²) in [5.41, 5.74) is 2.92. The maximum absolute atomic E-state index is 11.7. The number of piperidine rings is 1. The summed E-state index contributed by atoms with van der Waals surface area (Å²) in [7, 11) is 0. The van der Waals surface area contributed by atoms with Crippen LogP contribution in [-0.2, 0) is 11.2 Å². The van der Waals surface area contributed by atoms with Gasteiger partial charge >= 0.3 is 0 Å². The standard InChI is InChI=1S/C12H18N4O.C2H4O2/c17-12-9-4-2-6-14-11(9)10(15-16-12)8-3-1-5-13-7-8;1-2(3)4/h8,13-14H,1-7H2,(H,16,17);1H3,(H,3,4). The lowest BCUT2D eigenvalue weighted by Crippen LogP contribution is -2.32. The molecule has 2 aliphatic heterocycles. The predicted octanol–water partition coefficient (Wildman–Crippen LogP) is 0.686. The molecule has 0 spiro atoms. The molecule has 0 radical (unpaired) electrons. The molecule has 0 amide bonds. The Hall–Kier alpha value is -1.89. The lowest BCUT2D eigenvalue weighted by Gasteiger charge is -2.26. The Morgan fingerprint density at radius 3 is 2.76 bits per heavy atom. The van der Waals surface area contributed by atoms with Gasteiger partial charge in [-0.25, -0.2) is 5.10 Å². The van der Waals surface area contributed by atoms with Crippen LogP contribution in [0, 0.1) is 0 Å². The summed E-state index contributed by atoms with van der Waals surface area (Å²) in [6.07, 6.45) is 4.23. The maximum Gasteiger partial charge on any atom is 0.300 e. The Morgan fingerprint density at radius 1 is 1.33 bits per heavy atom. The van der Waals surface area contributed by atoms with Crippen molar-refractivity contribution in [2.75, 3.05) is 25.0 Å². The van der Waals surface area contributed by atoms with Gasteiger partial charge in [-0.15, -0.1) is 0 Å². The quantitative estimate of drug-likeness (QED) is 0.607. The average Bonchev–Trinajstić information content (AvgIpc) is 2.48. The van der Waals surface area contributed by atoms with Crippen LogP contribution in [-0.4, -0.2) is 40.9 Å². The van der Waals surface area contributed by atoms with Gasteiger partial charge in [0, 0.05) is 31.5 Å². The number of nitrogens with zero attached hydrogens (tertiary/aromatic N) is 1. The van der Waals surface area contributed by atoms with E-state index in [-0.39, 0.29) is 5.56 Å². The smallest absolute Gasteiger partial charge is 0.300 e. The van der Waals surface area contributed by atoms with E-state index in [1.807, 2.05) is 0 Å². The molecule has 1 saturated heterocycles. The first kappa shape index (κ1) is 15.5. The average molecular weight is 294 g/mol. The normalized spacial score (nSPS) is 20.5. The highest BCUT2D eigenvalue weighted by Crippen LogP contribution is 2.30. The monoisotopic (exact) mass is 294 g/mol. The summed E-state index contributed by atoms with van der Waals surface area (Å²) in [5.74, 6) is -0.403. The summed E-state index contributed by atoms with van der Waals surface area (Å²) in [4.78, 5) is 20.7. The highest BCUT2D eigenvalue weighted by molar-refractivity contribution is 5.63. The van der Waals surface area contributed by atoms with Gasteiger partial charge in [-0.3, -0.25) is 9.59 Å². The lowest BCUT2D eigenvalue weighted by molar-refractivity contribution is -0.134. The first-order valence-electron chi connectivity index (χ1n) is 7.35. The third-order valence-corrected chi connectivity index (χ3v) is 3.70. The summed E-state index contributed by atoms with van der Waals surface area (Å²) < 4.78 is 0. The number of carbonyl (C=O) groups is 1. The molecule has 1 unspecified atom stereocenters. The summed E-state index contributed by atoms with van der Waals surface area (Å²) >= 11 is 0. The fourth-order valence-electron chi connectivity index (χ4n) is 2.80. The lowest BCUT2D eigenvalue weighted by atomic mass is 9.92. The Labute approximate surface area is 123 Å². The highest BCUT2D eigenvalue weighted by atomic mass is 16.4. The van der Waals surface area contributed by atoms with E-state index in [0.29, 0.717) is 5.92 Å². The van der Waals surface area contributed by atoms with Crippen LogP contribution < -0.4 is 16.2 Å². The molecule has 0 saturated carbocycles. The van der Waals surface area contributed by atoms with E-state index in [4.69, 9.17) is 9.90 Å². The molecule has 4 N–H and O–H groups in total. The number of fused-ring (bicyclic) bond motifs is 1. The Balaban J connectivity index is 0.000000361.